The van der Waals surface area contributed by atoms with Crippen molar-refractivity contribution in [3.8, 4) is 0 Å². The molecule has 2 heterocycles. The highest BCUT2D eigenvalue weighted by atomic mass is 32.2. The summed E-state index contributed by atoms with van der Waals surface area (Å²) in [6, 6.07) is 6.55. The van der Waals surface area contributed by atoms with Gasteiger partial charge in [-0.3, -0.25) is 4.79 Å². The lowest BCUT2D eigenvalue weighted by Crippen LogP contribution is -2.46. The van der Waals surface area contributed by atoms with Gasteiger partial charge in [-0.25, -0.2) is 17.8 Å². The summed E-state index contributed by atoms with van der Waals surface area (Å²) in [6.45, 7) is 0.256. The van der Waals surface area contributed by atoms with Crippen LogP contribution in [0, 0.1) is 11.7 Å². The van der Waals surface area contributed by atoms with Crippen LogP contribution in [0.1, 0.15) is 18.4 Å². The van der Waals surface area contributed by atoms with Crippen LogP contribution in [0.5, 0.6) is 0 Å². The fourth-order valence-electron chi connectivity index (χ4n) is 3.42. The topological polar surface area (TPSA) is 91.4 Å². The predicted molar refractivity (Wildman–Crippen MR) is 109 cm³/mol. The smallest absolute Gasteiger partial charge is 0.368 e. The standard InChI is InChI=1S/C20H22F4N4O3S/c21-15-5-7-16(8-6-15)32(30,31)28-12-2-3-14(13-28)19(29)27-11-10-26-18-17(20(22,23)24)4-1-9-25-18/h1,4-9,14H,2-3,10-13H2,(H,25,26)(H,27,29). The zero-order valence-corrected chi connectivity index (χ0v) is 17.7. The van der Waals surface area contributed by atoms with E-state index in [1.165, 1.54) is 28.7 Å². The van der Waals surface area contributed by atoms with E-state index in [2.05, 4.69) is 15.6 Å². The Labute approximate surface area is 182 Å². The van der Waals surface area contributed by atoms with Crippen LogP contribution in [0.3, 0.4) is 0 Å². The molecule has 1 amide bonds. The van der Waals surface area contributed by atoms with Gasteiger partial charge in [-0.2, -0.15) is 17.5 Å². The van der Waals surface area contributed by atoms with Crippen molar-refractivity contribution in [3.63, 3.8) is 0 Å². The Morgan fingerprint density at radius 1 is 1.16 bits per heavy atom. The van der Waals surface area contributed by atoms with E-state index in [0.29, 0.717) is 12.8 Å². The van der Waals surface area contributed by atoms with Crippen LogP contribution in [-0.2, 0) is 21.0 Å². The predicted octanol–water partition coefficient (Wildman–Crippen LogP) is 2.87. The molecule has 1 aromatic heterocycles. The first-order valence-corrected chi connectivity index (χ1v) is 11.3. The molecule has 1 aliphatic rings. The van der Waals surface area contributed by atoms with Crippen molar-refractivity contribution in [1.82, 2.24) is 14.6 Å². The maximum atomic E-state index is 13.1. The van der Waals surface area contributed by atoms with Crippen LogP contribution >= 0.6 is 0 Å². The van der Waals surface area contributed by atoms with E-state index in [1.807, 2.05) is 0 Å². The van der Waals surface area contributed by atoms with Crippen molar-refractivity contribution in [3.05, 3.63) is 54.0 Å². The van der Waals surface area contributed by atoms with Gasteiger partial charge in [-0.05, 0) is 49.2 Å². The average molecular weight is 474 g/mol. The van der Waals surface area contributed by atoms with Gasteiger partial charge in [-0.15, -0.1) is 0 Å². The van der Waals surface area contributed by atoms with Crippen molar-refractivity contribution in [2.45, 2.75) is 23.9 Å². The number of piperidine rings is 1. The Balaban J connectivity index is 1.53. The highest BCUT2D eigenvalue weighted by molar-refractivity contribution is 7.89. The van der Waals surface area contributed by atoms with E-state index in [-0.39, 0.29) is 42.8 Å². The molecule has 0 bridgehead atoms. The molecule has 12 heteroatoms. The maximum absolute atomic E-state index is 13.1. The number of nitrogens with zero attached hydrogens (tertiary/aromatic N) is 2. The van der Waals surface area contributed by atoms with Gasteiger partial charge in [-0.1, -0.05) is 0 Å². The molecule has 0 spiro atoms. The largest absolute Gasteiger partial charge is 0.419 e. The van der Waals surface area contributed by atoms with Crippen molar-refractivity contribution < 1.29 is 30.8 Å². The number of anilines is 1. The molecular formula is C20H22F4N4O3S. The van der Waals surface area contributed by atoms with Crippen LogP contribution in [0.4, 0.5) is 23.4 Å². The van der Waals surface area contributed by atoms with Crippen molar-refractivity contribution in [2.75, 3.05) is 31.5 Å². The summed E-state index contributed by atoms with van der Waals surface area (Å²) < 4.78 is 78.8. The molecule has 1 unspecified atom stereocenters. The summed E-state index contributed by atoms with van der Waals surface area (Å²) in [5, 5.41) is 5.17. The number of halogens is 4. The van der Waals surface area contributed by atoms with Gasteiger partial charge < -0.3 is 10.6 Å². The summed E-state index contributed by atoms with van der Waals surface area (Å²) >= 11 is 0. The first-order valence-electron chi connectivity index (χ1n) is 9.88. The van der Waals surface area contributed by atoms with Gasteiger partial charge in [0, 0.05) is 32.4 Å². The van der Waals surface area contributed by atoms with Crippen LogP contribution in [-0.4, -0.2) is 49.8 Å². The Morgan fingerprint density at radius 3 is 2.56 bits per heavy atom. The first kappa shape index (κ1) is 23.9. The molecule has 0 radical (unpaired) electrons. The summed E-state index contributed by atoms with van der Waals surface area (Å²) in [7, 11) is -3.87. The van der Waals surface area contributed by atoms with Crippen molar-refractivity contribution in [1.29, 1.82) is 0 Å². The molecule has 1 aromatic carbocycles. The number of carbonyl (C=O) groups is 1. The quantitative estimate of drug-likeness (QED) is 0.476. The van der Waals surface area contributed by atoms with Crippen LogP contribution in [0.25, 0.3) is 0 Å². The second-order valence-corrected chi connectivity index (χ2v) is 9.21. The molecule has 32 heavy (non-hydrogen) atoms. The minimum absolute atomic E-state index is 0.0101. The van der Waals surface area contributed by atoms with E-state index < -0.39 is 33.5 Å². The molecule has 174 valence electrons. The van der Waals surface area contributed by atoms with Gasteiger partial charge >= 0.3 is 6.18 Å². The first-order chi connectivity index (χ1) is 15.1. The third-order valence-corrected chi connectivity index (χ3v) is 6.92. The zero-order valence-electron chi connectivity index (χ0n) is 16.9. The minimum Gasteiger partial charge on any atom is -0.368 e. The number of pyridine rings is 1. The summed E-state index contributed by atoms with van der Waals surface area (Å²) in [4.78, 5) is 16.1. The van der Waals surface area contributed by atoms with Gasteiger partial charge in [0.05, 0.1) is 16.4 Å². The van der Waals surface area contributed by atoms with E-state index in [0.717, 1.165) is 18.2 Å². The lowest BCUT2D eigenvalue weighted by molar-refractivity contribution is -0.137. The second-order valence-electron chi connectivity index (χ2n) is 7.27. The Bertz CT molecular complexity index is 1050. The lowest BCUT2D eigenvalue weighted by Gasteiger charge is -2.31. The van der Waals surface area contributed by atoms with E-state index in [1.54, 1.807) is 0 Å². The van der Waals surface area contributed by atoms with Crippen molar-refractivity contribution >= 4 is 21.7 Å². The second kappa shape index (κ2) is 9.82. The number of benzene rings is 1. The van der Waals surface area contributed by atoms with E-state index >= 15 is 0 Å². The number of alkyl halides is 3. The van der Waals surface area contributed by atoms with E-state index in [9.17, 15) is 30.8 Å². The number of aromatic nitrogens is 1. The third kappa shape index (κ3) is 5.74. The molecular weight excluding hydrogens is 452 g/mol. The summed E-state index contributed by atoms with van der Waals surface area (Å²) in [5.41, 5.74) is -0.903. The molecule has 1 aliphatic heterocycles. The number of hydrogen-bond acceptors (Lipinski definition) is 5. The number of nitrogens with one attached hydrogen (secondary N) is 2. The Kier molecular flexibility index (Phi) is 7.34. The van der Waals surface area contributed by atoms with Gasteiger partial charge in [0.2, 0.25) is 15.9 Å². The number of sulfonamides is 1. The van der Waals surface area contributed by atoms with Crippen molar-refractivity contribution in [2.24, 2.45) is 5.92 Å². The number of hydrogen-bond donors (Lipinski definition) is 2. The molecule has 7 nitrogen and oxygen atoms in total. The molecule has 1 fully saturated rings. The van der Waals surface area contributed by atoms with Gasteiger partial charge in [0.15, 0.2) is 0 Å². The normalized spacial score (nSPS) is 17.7. The number of rotatable bonds is 7. The highest BCUT2D eigenvalue weighted by Gasteiger charge is 2.34. The molecule has 0 saturated carbocycles. The molecule has 3 rings (SSSR count). The van der Waals surface area contributed by atoms with E-state index in [4.69, 9.17) is 0 Å². The number of amides is 1. The zero-order chi connectivity index (χ0) is 23.4. The van der Waals surface area contributed by atoms with Crippen LogP contribution in [0.15, 0.2) is 47.5 Å². The summed E-state index contributed by atoms with van der Waals surface area (Å²) in [5.74, 6) is -1.87. The fraction of sp³-hybridized carbons (Fsp3) is 0.400. The molecule has 2 N–H and O–H groups in total. The van der Waals surface area contributed by atoms with Gasteiger partial charge in [0.25, 0.3) is 0 Å². The lowest BCUT2D eigenvalue weighted by atomic mass is 9.99. The minimum atomic E-state index is -4.55. The molecule has 1 saturated heterocycles. The summed E-state index contributed by atoms with van der Waals surface area (Å²) in [6.07, 6.45) is -2.37. The Morgan fingerprint density at radius 2 is 1.88 bits per heavy atom. The molecule has 2 aromatic rings. The maximum Gasteiger partial charge on any atom is 0.419 e. The van der Waals surface area contributed by atoms with Crippen LogP contribution in [0.2, 0.25) is 0 Å². The molecule has 1 atom stereocenters. The average Bonchev–Trinajstić information content (AvgIpc) is 2.76. The SMILES string of the molecule is O=C(NCCNc1ncccc1C(F)(F)F)C1CCCN(S(=O)(=O)c2ccc(F)cc2)C1. The highest BCUT2D eigenvalue weighted by Crippen LogP contribution is 2.33. The van der Waals surface area contributed by atoms with Crippen LogP contribution < -0.4 is 10.6 Å². The fourth-order valence-corrected chi connectivity index (χ4v) is 4.94. The third-order valence-electron chi connectivity index (χ3n) is 5.04. The van der Waals surface area contributed by atoms with Gasteiger partial charge in [0.1, 0.15) is 11.6 Å². The number of carbonyl (C=O) groups excluding carboxylic acids is 1. The monoisotopic (exact) mass is 474 g/mol. The molecule has 0 aliphatic carbocycles. The Hall–Kier alpha value is -2.73.